The average molecular weight is 287 g/mol. The van der Waals surface area contributed by atoms with Crippen molar-refractivity contribution in [3.63, 3.8) is 0 Å². The largest absolute Gasteiger partial charge is 0.389 e. The number of hydrogen-bond acceptors (Lipinski definition) is 3. The smallest absolute Gasteiger partial charge is 0.114 e. The Kier molecular flexibility index (Phi) is 3.81. The molecule has 1 rings (SSSR count). The van der Waals surface area contributed by atoms with Crippen LogP contribution in [-0.4, -0.2) is 4.99 Å². The summed E-state index contributed by atoms with van der Waals surface area (Å²) in [5.74, 6) is 0. The fourth-order valence-electron chi connectivity index (χ4n) is 0.853. The van der Waals surface area contributed by atoms with Crippen LogP contribution < -0.4 is 5.73 Å². The quantitative estimate of drug-likeness (QED) is 0.517. The summed E-state index contributed by atoms with van der Waals surface area (Å²) in [6.45, 7) is 2.00. The van der Waals surface area contributed by atoms with E-state index >= 15 is 0 Å². The third-order valence-electron chi connectivity index (χ3n) is 1.55. The predicted molar refractivity (Wildman–Crippen MR) is 67.1 cm³/mol. The molecule has 0 amide bonds. The van der Waals surface area contributed by atoms with Crippen LogP contribution in [0.2, 0.25) is 0 Å². The SMILES string of the molecule is Cc1sc(C=C(C#N)C(N)=S)cc1Br. The first kappa shape index (κ1) is 11.4. The van der Waals surface area contributed by atoms with Crippen molar-refractivity contribution < 1.29 is 0 Å². The molecule has 72 valence electrons. The molecule has 0 saturated carbocycles. The predicted octanol–water partition coefficient (Wildman–Crippen LogP) is 3.01. The Morgan fingerprint density at radius 2 is 2.43 bits per heavy atom. The fraction of sp³-hybridized carbons (Fsp3) is 0.111. The van der Waals surface area contributed by atoms with Gasteiger partial charge >= 0.3 is 0 Å². The van der Waals surface area contributed by atoms with Crippen LogP contribution in [0.3, 0.4) is 0 Å². The molecular formula is C9H7BrN2S2. The Morgan fingerprint density at radius 3 is 2.79 bits per heavy atom. The summed E-state index contributed by atoms with van der Waals surface area (Å²) in [7, 11) is 0. The van der Waals surface area contributed by atoms with E-state index in [-0.39, 0.29) is 4.99 Å². The number of halogens is 1. The van der Waals surface area contributed by atoms with Gasteiger partial charge in [0, 0.05) is 14.2 Å². The van der Waals surface area contributed by atoms with E-state index in [9.17, 15) is 0 Å². The zero-order valence-corrected chi connectivity index (χ0v) is 10.6. The number of nitriles is 1. The number of aryl methyl sites for hydroxylation is 1. The minimum absolute atomic E-state index is 0.134. The molecule has 1 aromatic rings. The molecule has 0 aliphatic heterocycles. The van der Waals surface area contributed by atoms with Gasteiger partial charge in [-0.3, -0.25) is 0 Å². The van der Waals surface area contributed by atoms with E-state index in [2.05, 4.69) is 15.9 Å². The number of rotatable bonds is 2. The van der Waals surface area contributed by atoms with Gasteiger partial charge in [0.25, 0.3) is 0 Å². The van der Waals surface area contributed by atoms with Gasteiger partial charge in [-0.1, -0.05) is 12.2 Å². The lowest BCUT2D eigenvalue weighted by Gasteiger charge is -1.91. The fourth-order valence-corrected chi connectivity index (χ4v) is 2.46. The first-order valence-corrected chi connectivity index (χ1v) is 5.74. The zero-order chi connectivity index (χ0) is 10.7. The summed E-state index contributed by atoms with van der Waals surface area (Å²) in [5, 5.41) is 8.74. The van der Waals surface area contributed by atoms with Gasteiger partial charge in [0.05, 0.1) is 5.57 Å². The van der Waals surface area contributed by atoms with Crippen molar-refractivity contribution >= 4 is 50.5 Å². The second-order valence-corrected chi connectivity index (χ2v) is 5.17. The molecule has 1 heterocycles. The first-order valence-electron chi connectivity index (χ1n) is 3.72. The molecule has 1 aromatic heterocycles. The summed E-state index contributed by atoms with van der Waals surface area (Å²) in [6, 6.07) is 3.91. The van der Waals surface area contributed by atoms with E-state index in [1.54, 1.807) is 17.4 Å². The Morgan fingerprint density at radius 1 is 1.79 bits per heavy atom. The van der Waals surface area contributed by atoms with Gasteiger partial charge in [-0.25, -0.2) is 0 Å². The van der Waals surface area contributed by atoms with Crippen LogP contribution in [0.5, 0.6) is 0 Å². The number of thiocarbonyl (C=S) groups is 1. The lowest BCUT2D eigenvalue weighted by molar-refractivity contribution is 1.52. The Labute approximate surface area is 100 Å². The lowest BCUT2D eigenvalue weighted by Crippen LogP contribution is -2.09. The normalized spacial score (nSPS) is 11.1. The molecule has 5 heteroatoms. The summed E-state index contributed by atoms with van der Waals surface area (Å²) in [6.07, 6.45) is 1.70. The van der Waals surface area contributed by atoms with Crippen LogP contribution in [0.4, 0.5) is 0 Å². The molecule has 0 atom stereocenters. The summed E-state index contributed by atoms with van der Waals surface area (Å²) >= 11 is 9.72. The minimum atomic E-state index is 0.134. The molecule has 0 aliphatic carbocycles. The summed E-state index contributed by atoms with van der Waals surface area (Å²) in [5.41, 5.74) is 5.71. The highest BCUT2D eigenvalue weighted by Crippen LogP contribution is 2.27. The standard InChI is InChI=1S/C9H7BrN2S2/c1-5-8(10)3-7(14-5)2-6(4-11)9(12)13/h2-3H,1H3,(H2,12,13). The van der Waals surface area contributed by atoms with Crippen LogP contribution in [-0.2, 0) is 0 Å². The molecule has 2 nitrogen and oxygen atoms in total. The minimum Gasteiger partial charge on any atom is -0.389 e. The summed E-state index contributed by atoms with van der Waals surface area (Å²) in [4.78, 5) is 2.27. The maximum Gasteiger partial charge on any atom is 0.114 e. The molecule has 0 bridgehead atoms. The van der Waals surface area contributed by atoms with Crippen LogP contribution >= 0.6 is 39.5 Å². The van der Waals surface area contributed by atoms with Crippen molar-refractivity contribution in [2.24, 2.45) is 5.73 Å². The van der Waals surface area contributed by atoms with Crippen molar-refractivity contribution in [3.8, 4) is 6.07 Å². The van der Waals surface area contributed by atoms with Crippen LogP contribution in [0, 0.1) is 18.3 Å². The van der Waals surface area contributed by atoms with E-state index in [1.165, 1.54) is 0 Å². The Balaban J connectivity index is 3.08. The van der Waals surface area contributed by atoms with Crippen molar-refractivity contribution in [2.45, 2.75) is 6.92 Å². The molecule has 0 radical (unpaired) electrons. The van der Waals surface area contributed by atoms with Gasteiger partial charge in [0.1, 0.15) is 11.1 Å². The van der Waals surface area contributed by atoms with Gasteiger partial charge in [-0.2, -0.15) is 5.26 Å². The number of nitrogens with two attached hydrogens (primary N) is 1. The molecule has 0 fully saturated rings. The molecule has 14 heavy (non-hydrogen) atoms. The highest BCUT2D eigenvalue weighted by molar-refractivity contribution is 9.10. The molecule has 2 N–H and O–H groups in total. The topological polar surface area (TPSA) is 49.8 Å². The monoisotopic (exact) mass is 286 g/mol. The molecule has 0 unspecified atom stereocenters. The molecule has 0 aliphatic rings. The first-order chi connectivity index (χ1) is 6.54. The maximum absolute atomic E-state index is 8.74. The third-order valence-corrected chi connectivity index (χ3v) is 3.85. The van der Waals surface area contributed by atoms with Crippen molar-refractivity contribution in [1.82, 2.24) is 0 Å². The van der Waals surface area contributed by atoms with Crippen LogP contribution in [0.15, 0.2) is 16.1 Å². The zero-order valence-electron chi connectivity index (χ0n) is 7.37. The maximum atomic E-state index is 8.74. The Bertz CT molecular complexity index is 421. The lowest BCUT2D eigenvalue weighted by atomic mass is 10.2. The molecule has 0 aromatic carbocycles. The van der Waals surface area contributed by atoms with Crippen molar-refractivity contribution in [2.75, 3.05) is 0 Å². The van der Waals surface area contributed by atoms with Crippen molar-refractivity contribution in [3.05, 3.63) is 25.9 Å². The Hall–Kier alpha value is -0.700. The number of hydrogen-bond donors (Lipinski definition) is 1. The average Bonchev–Trinajstić information content (AvgIpc) is 2.41. The van der Waals surface area contributed by atoms with E-state index in [0.29, 0.717) is 5.57 Å². The van der Waals surface area contributed by atoms with E-state index in [4.69, 9.17) is 23.2 Å². The number of nitrogens with zero attached hydrogens (tertiary/aromatic N) is 1. The van der Waals surface area contributed by atoms with Gasteiger partial charge in [-0.15, -0.1) is 11.3 Å². The van der Waals surface area contributed by atoms with Crippen LogP contribution in [0.1, 0.15) is 9.75 Å². The summed E-state index contributed by atoms with van der Waals surface area (Å²) < 4.78 is 1.04. The van der Waals surface area contributed by atoms with Crippen LogP contribution in [0.25, 0.3) is 6.08 Å². The molecule has 0 spiro atoms. The second kappa shape index (κ2) is 4.69. The van der Waals surface area contributed by atoms with Gasteiger partial charge < -0.3 is 5.73 Å². The van der Waals surface area contributed by atoms with Crippen molar-refractivity contribution in [1.29, 1.82) is 5.26 Å². The highest BCUT2D eigenvalue weighted by Gasteiger charge is 2.03. The van der Waals surface area contributed by atoms with E-state index < -0.39 is 0 Å². The number of thiophene rings is 1. The van der Waals surface area contributed by atoms with E-state index in [1.807, 2.05) is 19.1 Å². The third kappa shape index (κ3) is 2.64. The van der Waals surface area contributed by atoms with Gasteiger partial charge in [0.2, 0.25) is 0 Å². The van der Waals surface area contributed by atoms with E-state index in [0.717, 1.165) is 14.2 Å². The van der Waals surface area contributed by atoms with Gasteiger partial charge in [0.15, 0.2) is 0 Å². The molecular weight excluding hydrogens is 280 g/mol. The highest BCUT2D eigenvalue weighted by atomic mass is 79.9. The van der Waals surface area contributed by atoms with Gasteiger partial charge in [-0.05, 0) is 35.0 Å². The second-order valence-electron chi connectivity index (χ2n) is 2.59. The molecule has 0 saturated heterocycles.